The predicted molar refractivity (Wildman–Crippen MR) is 118 cm³/mol. The van der Waals surface area contributed by atoms with Gasteiger partial charge in [0.15, 0.2) is 5.82 Å². The van der Waals surface area contributed by atoms with Crippen LogP contribution in [0.4, 0.5) is 5.82 Å². The number of hydrogen-bond donors (Lipinski definition) is 3. The van der Waals surface area contributed by atoms with E-state index in [1.165, 1.54) is 6.33 Å². The third-order valence-electron chi connectivity index (χ3n) is 6.03. The molecular weight excluding hydrogens is 410 g/mol. The van der Waals surface area contributed by atoms with Crippen LogP contribution in [0, 0.1) is 0 Å². The van der Waals surface area contributed by atoms with Gasteiger partial charge in [0.25, 0.3) is 5.91 Å². The van der Waals surface area contributed by atoms with Crippen molar-refractivity contribution in [2.24, 2.45) is 5.73 Å². The number of anilines is 1. The van der Waals surface area contributed by atoms with Gasteiger partial charge in [-0.15, -0.1) is 0 Å². The number of hydrogen-bond acceptors (Lipinski definition) is 8. The topological polar surface area (TPSA) is 144 Å². The van der Waals surface area contributed by atoms with Gasteiger partial charge in [0, 0.05) is 38.3 Å². The van der Waals surface area contributed by atoms with Crippen LogP contribution in [0.3, 0.4) is 0 Å². The molecule has 0 unspecified atom stereocenters. The zero-order valence-corrected chi connectivity index (χ0v) is 17.8. The molecule has 2 aliphatic heterocycles. The number of nitrogens with one attached hydrogen (secondary N) is 2. The van der Waals surface area contributed by atoms with Crippen molar-refractivity contribution in [3.63, 3.8) is 0 Å². The third-order valence-corrected chi connectivity index (χ3v) is 6.03. The largest absolute Gasteiger partial charge is 0.366 e. The Hall–Kier alpha value is -3.60. The van der Waals surface area contributed by atoms with Gasteiger partial charge in [-0.1, -0.05) is 0 Å². The lowest BCUT2D eigenvalue weighted by Crippen LogP contribution is -2.38. The van der Waals surface area contributed by atoms with Crippen molar-refractivity contribution in [1.29, 1.82) is 0 Å². The minimum atomic E-state index is -0.597. The summed E-state index contributed by atoms with van der Waals surface area (Å²) in [5.74, 6) is -0.0329. The van der Waals surface area contributed by atoms with Crippen LogP contribution >= 0.6 is 0 Å². The van der Waals surface area contributed by atoms with Crippen LogP contribution in [0.2, 0.25) is 0 Å². The number of aromatic nitrogens is 5. The second-order valence-corrected chi connectivity index (χ2v) is 8.27. The number of fused-ring (bicyclic) bond motifs is 2. The fourth-order valence-electron chi connectivity index (χ4n) is 4.21. The summed E-state index contributed by atoms with van der Waals surface area (Å²) in [6.45, 7) is 2.62. The molecule has 11 heteroatoms. The molecular formula is C21H25N9O2. The van der Waals surface area contributed by atoms with Crippen LogP contribution in [0.1, 0.15) is 28.9 Å². The first-order chi connectivity index (χ1) is 15.5. The Kier molecular flexibility index (Phi) is 5.17. The van der Waals surface area contributed by atoms with Gasteiger partial charge in [0.1, 0.15) is 29.6 Å². The SMILES string of the molecule is CN1CCc2cc(-c3cc(C(N)=O)c4ncnc(N[C@H]5CCCNC5)c4n3)nn2CC1=O. The van der Waals surface area contributed by atoms with E-state index in [2.05, 4.69) is 25.7 Å². The lowest BCUT2D eigenvalue weighted by molar-refractivity contribution is -0.130. The zero-order valence-electron chi connectivity index (χ0n) is 17.8. The Morgan fingerprint density at radius 1 is 1.25 bits per heavy atom. The van der Waals surface area contributed by atoms with E-state index in [1.54, 1.807) is 22.7 Å². The molecule has 166 valence electrons. The van der Waals surface area contributed by atoms with Crippen LogP contribution in [0.25, 0.3) is 22.4 Å². The van der Waals surface area contributed by atoms with Gasteiger partial charge in [-0.05, 0) is 31.5 Å². The number of piperidine rings is 1. The molecule has 5 rings (SSSR count). The summed E-state index contributed by atoms with van der Waals surface area (Å²) >= 11 is 0. The predicted octanol–water partition coefficient (Wildman–Crippen LogP) is 0.166. The smallest absolute Gasteiger partial charge is 0.251 e. The van der Waals surface area contributed by atoms with Crippen molar-refractivity contribution in [2.75, 3.05) is 32.0 Å². The summed E-state index contributed by atoms with van der Waals surface area (Å²) in [6, 6.07) is 3.73. The van der Waals surface area contributed by atoms with Crippen molar-refractivity contribution in [3.8, 4) is 11.4 Å². The second-order valence-electron chi connectivity index (χ2n) is 8.27. The number of primary amides is 1. The van der Waals surface area contributed by atoms with Crippen LogP contribution in [0.5, 0.6) is 0 Å². The summed E-state index contributed by atoms with van der Waals surface area (Å²) < 4.78 is 1.70. The highest BCUT2D eigenvalue weighted by atomic mass is 16.2. The molecule has 0 spiro atoms. The fourth-order valence-corrected chi connectivity index (χ4v) is 4.21. The maximum Gasteiger partial charge on any atom is 0.251 e. The molecule has 4 N–H and O–H groups in total. The fraction of sp³-hybridized carbons (Fsp3) is 0.429. The van der Waals surface area contributed by atoms with E-state index in [9.17, 15) is 9.59 Å². The molecule has 2 aliphatic rings. The molecule has 1 atom stereocenters. The monoisotopic (exact) mass is 435 g/mol. The summed E-state index contributed by atoms with van der Waals surface area (Å²) in [5, 5.41) is 11.4. The van der Waals surface area contributed by atoms with Gasteiger partial charge in [0.05, 0.1) is 11.3 Å². The summed E-state index contributed by atoms with van der Waals surface area (Å²) in [5.41, 5.74) is 8.83. The number of carbonyl (C=O) groups excluding carboxylic acids is 2. The van der Waals surface area contributed by atoms with E-state index in [-0.39, 0.29) is 24.1 Å². The second kappa shape index (κ2) is 8.15. The molecule has 0 aromatic carbocycles. The average Bonchev–Trinajstić information content (AvgIpc) is 3.14. The number of pyridine rings is 1. The Labute approximate surface area is 184 Å². The number of rotatable bonds is 4. The molecule has 32 heavy (non-hydrogen) atoms. The molecule has 0 aliphatic carbocycles. The van der Waals surface area contributed by atoms with Gasteiger partial charge in [0.2, 0.25) is 5.91 Å². The maximum atomic E-state index is 12.2. The highest BCUT2D eigenvalue weighted by Gasteiger charge is 2.23. The van der Waals surface area contributed by atoms with E-state index in [1.807, 2.05) is 6.07 Å². The summed E-state index contributed by atoms with van der Waals surface area (Å²) in [7, 11) is 1.79. The number of nitrogens with zero attached hydrogens (tertiary/aromatic N) is 6. The van der Waals surface area contributed by atoms with Crippen molar-refractivity contribution >= 4 is 28.7 Å². The molecule has 0 bridgehead atoms. The first-order valence-electron chi connectivity index (χ1n) is 10.7. The lowest BCUT2D eigenvalue weighted by Gasteiger charge is -2.24. The van der Waals surface area contributed by atoms with Crippen molar-refractivity contribution in [2.45, 2.75) is 31.8 Å². The normalized spacial score (nSPS) is 19.0. The number of amides is 2. The highest BCUT2D eigenvalue weighted by molar-refractivity contribution is 6.06. The number of likely N-dealkylation sites (N-methyl/N-ethyl adjacent to an activating group) is 1. The Morgan fingerprint density at radius 2 is 2.12 bits per heavy atom. The molecule has 2 amide bonds. The van der Waals surface area contributed by atoms with E-state index in [4.69, 9.17) is 10.7 Å². The van der Waals surface area contributed by atoms with Gasteiger partial charge in [-0.25, -0.2) is 15.0 Å². The van der Waals surface area contributed by atoms with Crippen LogP contribution in [-0.2, 0) is 17.8 Å². The molecule has 11 nitrogen and oxygen atoms in total. The first kappa shape index (κ1) is 20.3. The van der Waals surface area contributed by atoms with Crippen LogP contribution in [0.15, 0.2) is 18.5 Å². The molecule has 1 fully saturated rings. The minimum absolute atomic E-state index is 0.00340. The van der Waals surface area contributed by atoms with Gasteiger partial charge in [-0.3, -0.25) is 14.3 Å². The van der Waals surface area contributed by atoms with Crippen molar-refractivity contribution in [3.05, 3.63) is 29.7 Å². The Morgan fingerprint density at radius 3 is 2.91 bits per heavy atom. The first-order valence-corrected chi connectivity index (χ1v) is 10.7. The molecule has 3 aromatic rings. The van der Waals surface area contributed by atoms with Crippen molar-refractivity contribution in [1.82, 2.24) is 34.9 Å². The number of carbonyl (C=O) groups is 2. The van der Waals surface area contributed by atoms with Crippen LogP contribution < -0.4 is 16.4 Å². The molecule has 5 heterocycles. The number of nitrogens with two attached hydrogens (primary N) is 1. The maximum absolute atomic E-state index is 12.2. The van der Waals surface area contributed by atoms with E-state index >= 15 is 0 Å². The molecule has 0 radical (unpaired) electrons. The van der Waals surface area contributed by atoms with Gasteiger partial charge < -0.3 is 21.3 Å². The minimum Gasteiger partial charge on any atom is -0.366 e. The standard InChI is InChI=1S/C21H25N9O2/c1-29-6-4-13-7-16(28-30(13)10-17(29)31)15-8-14(20(22)32)18-19(27-15)21(25-11-24-18)26-12-3-2-5-23-9-12/h7-8,11-12,23H,2-6,9-10H2,1H3,(H2,22,32)(H,24,25,26)/t12-/m0/s1. The molecule has 3 aromatic heterocycles. The lowest BCUT2D eigenvalue weighted by atomic mass is 10.1. The Balaban J connectivity index is 1.59. The third kappa shape index (κ3) is 3.75. The average molecular weight is 435 g/mol. The Bertz CT molecular complexity index is 1200. The van der Waals surface area contributed by atoms with E-state index in [0.717, 1.165) is 31.6 Å². The molecule has 1 saturated heterocycles. The van der Waals surface area contributed by atoms with Crippen LogP contribution in [-0.4, -0.2) is 74.2 Å². The summed E-state index contributed by atoms with van der Waals surface area (Å²) in [4.78, 5) is 39.6. The quantitative estimate of drug-likeness (QED) is 0.526. The van der Waals surface area contributed by atoms with Gasteiger partial charge in [-0.2, -0.15) is 5.10 Å². The summed E-state index contributed by atoms with van der Waals surface area (Å²) in [6.07, 6.45) is 4.18. The molecule has 0 saturated carbocycles. The van der Waals surface area contributed by atoms with Gasteiger partial charge >= 0.3 is 0 Å². The highest BCUT2D eigenvalue weighted by Crippen LogP contribution is 2.28. The van der Waals surface area contributed by atoms with E-state index < -0.39 is 5.91 Å². The zero-order chi connectivity index (χ0) is 22.2. The van der Waals surface area contributed by atoms with Crippen molar-refractivity contribution < 1.29 is 9.59 Å². The van der Waals surface area contributed by atoms with E-state index in [0.29, 0.717) is 41.2 Å².